The smallest absolute Gasteiger partial charge is 0.256 e. The zero-order valence-electron chi connectivity index (χ0n) is 16.9. The highest BCUT2D eigenvalue weighted by molar-refractivity contribution is 6.05. The number of hydrogen-bond acceptors (Lipinski definition) is 4. The third kappa shape index (κ3) is 2.78. The van der Waals surface area contributed by atoms with E-state index >= 15 is 0 Å². The van der Waals surface area contributed by atoms with E-state index in [1.807, 2.05) is 24.3 Å². The lowest BCUT2D eigenvalue weighted by Gasteiger charge is -2.39. The van der Waals surface area contributed by atoms with Crippen LogP contribution in [0.15, 0.2) is 29.1 Å². The van der Waals surface area contributed by atoms with Crippen LogP contribution in [-0.2, 0) is 12.8 Å². The standard InChI is InChI=1S/C24H28N4O/c29-24-20-9-4-3-8-18(20)21-22(26-24)17-10-5-11-19(17)23(25-21)28-14-12-27(13-15-28)16-6-1-2-7-16/h3-4,8-9,16H,1-2,5-7,10-15H2,(H,26,29). The molecular weight excluding hydrogens is 360 g/mol. The Morgan fingerprint density at radius 1 is 0.897 bits per heavy atom. The number of nitrogens with zero attached hydrogens (tertiary/aromatic N) is 3. The number of pyridine rings is 2. The first kappa shape index (κ1) is 17.5. The first-order valence-electron chi connectivity index (χ1n) is 11.2. The molecule has 2 aliphatic carbocycles. The van der Waals surface area contributed by atoms with E-state index in [2.05, 4.69) is 14.8 Å². The molecular formula is C24H28N4O. The van der Waals surface area contributed by atoms with Crippen molar-refractivity contribution < 1.29 is 0 Å². The Morgan fingerprint density at radius 2 is 1.62 bits per heavy atom. The topological polar surface area (TPSA) is 52.2 Å². The molecule has 1 N–H and O–H groups in total. The highest BCUT2D eigenvalue weighted by Gasteiger charge is 2.30. The molecule has 3 aliphatic rings. The van der Waals surface area contributed by atoms with Crippen LogP contribution in [0.2, 0.25) is 0 Å². The Morgan fingerprint density at radius 3 is 2.41 bits per heavy atom. The molecule has 3 aromatic rings. The molecule has 0 bridgehead atoms. The second-order valence-electron chi connectivity index (χ2n) is 8.93. The van der Waals surface area contributed by atoms with Gasteiger partial charge < -0.3 is 9.88 Å². The van der Waals surface area contributed by atoms with E-state index in [4.69, 9.17) is 4.98 Å². The first-order valence-corrected chi connectivity index (χ1v) is 11.2. The summed E-state index contributed by atoms with van der Waals surface area (Å²) in [6.45, 7) is 4.41. The van der Waals surface area contributed by atoms with Crippen molar-refractivity contribution in [1.29, 1.82) is 0 Å². The Bertz CT molecular complexity index is 1140. The minimum atomic E-state index is 0.00179. The van der Waals surface area contributed by atoms with Gasteiger partial charge in [0.1, 0.15) is 5.82 Å². The fraction of sp³-hybridized carbons (Fsp3) is 0.500. The van der Waals surface area contributed by atoms with Crippen molar-refractivity contribution in [2.24, 2.45) is 0 Å². The third-order valence-electron chi connectivity index (χ3n) is 7.36. The number of anilines is 1. The SMILES string of the molecule is O=c1[nH]c2c3c(c(N4CCN(C5CCCC5)CC4)nc2c2ccccc12)CCC3. The van der Waals surface area contributed by atoms with Gasteiger partial charge in [-0.3, -0.25) is 9.69 Å². The van der Waals surface area contributed by atoms with Crippen LogP contribution < -0.4 is 10.5 Å². The third-order valence-corrected chi connectivity index (χ3v) is 7.36. The molecule has 1 saturated heterocycles. The molecule has 1 aromatic carbocycles. The fourth-order valence-corrected chi connectivity index (χ4v) is 5.87. The molecule has 1 saturated carbocycles. The molecule has 29 heavy (non-hydrogen) atoms. The van der Waals surface area contributed by atoms with Crippen LogP contribution >= 0.6 is 0 Å². The number of aryl methyl sites for hydroxylation is 1. The van der Waals surface area contributed by atoms with Gasteiger partial charge in [-0.25, -0.2) is 4.98 Å². The van der Waals surface area contributed by atoms with Crippen LogP contribution in [0.3, 0.4) is 0 Å². The predicted molar refractivity (Wildman–Crippen MR) is 118 cm³/mol. The van der Waals surface area contributed by atoms with Crippen LogP contribution in [0.25, 0.3) is 21.8 Å². The number of H-pyrrole nitrogens is 1. The van der Waals surface area contributed by atoms with Crippen LogP contribution in [-0.4, -0.2) is 47.1 Å². The molecule has 2 aromatic heterocycles. The van der Waals surface area contributed by atoms with E-state index in [1.54, 1.807) is 0 Å². The van der Waals surface area contributed by atoms with Gasteiger partial charge in [-0.15, -0.1) is 0 Å². The van der Waals surface area contributed by atoms with E-state index < -0.39 is 0 Å². The van der Waals surface area contributed by atoms with Gasteiger partial charge in [0.2, 0.25) is 0 Å². The lowest BCUT2D eigenvalue weighted by atomic mass is 10.0. The number of aromatic amines is 1. The largest absolute Gasteiger partial charge is 0.354 e. The zero-order chi connectivity index (χ0) is 19.4. The van der Waals surface area contributed by atoms with Gasteiger partial charge >= 0.3 is 0 Å². The monoisotopic (exact) mass is 388 g/mol. The average Bonchev–Trinajstić information content (AvgIpc) is 3.46. The summed E-state index contributed by atoms with van der Waals surface area (Å²) in [5, 5.41) is 1.72. The second kappa shape index (κ2) is 6.84. The summed E-state index contributed by atoms with van der Waals surface area (Å²) in [7, 11) is 0. The molecule has 3 heterocycles. The van der Waals surface area contributed by atoms with Crippen molar-refractivity contribution in [3.8, 4) is 0 Å². The minimum absolute atomic E-state index is 0.00179. The molecule has 6 rings (SSSR count). The van der Waals surface area contributed by atoms with E-state index in [1.165, 1.54) is 42.6 Å². The Hall–Kier alpha value is -2.40. The van der Waals surface area contributed by atoms with Crippen molar-refractivity contribution in [3.63, 3.8) is 0 Å². The van der Waals surface area contributed by atoms with Gasteiger partial charge in [0.15, 0.2) is 0 Å². The van der Waals surface area contributed by atoms with Gasteiger partial charge in [0, 0.05) is 48.6 Å². The number of aromatic nitrogens is 2. The van der Waals surface area contributed by atoms with Crippen LogP contribution in [0.1, 0.15) is 43.2 Å². The molecule has 5 heteroatoms. The van der Waals surface area contributed by atoms with Crippen LogP contribution in [0.5, 0.6) is 0 Å². The van der Waals surface area contributed by atoms with E-state index in [-0.39, 0.29) is 5.56 Å². The van der Waals surface area contributed by atoms with Crippen LogP contribution in [0.4, 0.5) is 5.82 Å². The predicted octanol–water partition coefficient (Wildman–Crippen LogP) is 3.63. The number of hydrogen-bond donors (Lipinski definition) is 1. The van der Waals surface area contributed by atoms with Gasteiger partial charge in [-0.2, -0.15) is 0 Å². The minimum Gasteiger partial charge on any atom is -0.354 e. The molecule has 150 valence electrons. The summed E-state index contributed by atoms with van der Waals surface area (Å²) in [5.74, 6) is 1.17. The van der Waals surface area contributed by atoms with E-state index in [9.17, 15) is 4.79 Å². The van der Waals surface area contributed by atoms with Crippen molar-refractivity contribution in [2.75, 3.05) is 31.1 Å². The maximum absolute atomic E-state index is 12.6. The second-order valence-corrected chi connectivity index (χ2v) is 8.93. The average molecular weight is 389 g/mol. The van der Waals surface area contributed by atoms with Crippen molar-refractivity contribution in [2.45, 2.75) is 51.0 Å². The maximum Gasteiger partial charge on any atom is 0.256 e. The van der Waals surface area contributed by atoms with Gasteiger partial charge in [0.25, 0.3) is 5.56 Å². The lowest BCUT2D eigenvalue weighted by Crippen LogP contribution is -2.50. The van der Waals surface area contributed by atoms with Gasteiger partial charge in [-0.1, -0.05) is 31.0 Å². The number of fused-ring (bicyclic) bond motifs is 5. The number of nitrogens with one attached hydrogen (secondary N) is 1. The zero-order valence-corrected chi connectivity index (χ0v) is 16.9. The fourth-order valence-electron chi connectivity index (χ4n) is 5.87. The van der Waals surface area contributed by atoms with Crippen molar-refractivity contribution in [3.05, 3.63) is 45.7 Å². The Balaban J connectivity index is 1.43. The molecule has 0 atom stereocenters. The summed E-state index contributed by atoms with van der Waals surface area (Å²) < 4.78 is 0. The summed E-state index contributed by atoms with van der Waals surface area (Å²) >= 11 is 0. The van der Waals surface area contributed by atoms with Gasteiger partial charge in [0.05, 0.1) is 11.0 Å². The lowest BCUT2D eigenvalue weighted by molar-refractivity contribution is 0.187. The summed E-state index contributed by atoms with van der Waals surface area (Å²) in [4.78, 5) is 26.2. The Kier molecular flexibility index (Phi) is 4.12. The molecule has 0 radical (unpaired) electrons. The number of rotatable bonds is 2. The van der Waals surface area contributed by atoms with Crippen LogP contribution in [0, 0.1) is 0 Å². The molecule has 0 unspecified atom stereocenters. The molecule has 5 nitrogen and oxygen atoms in total. The normalized spacial score (nSPS) is 20.8. The summed E-state index contributed by atoms with van der Waals surface area (Å²) in [6.07, 6.45) is 8.82. The first-order chi connectivity index (χ1) is 14.3. The van der Waals surface area contributed by atoms with E-state index in [0.29, 0.717) is 0 Å². The van der Waals surface area contributed by atoms with Crippen molar-refractivity contribution in [1.82, 2.24) is 14.9 Å². The highest BCUT2D eigenvalue weighted by Crippen LogP contribution is 2.36. The Labute approximate surface area is 170 Å². The molecule has 1 aliphatic heterocycles. The van der Waals surface area contributed by atoms with Crippen molar-refractivity contribution >= 4 is 27.6 Å². The molecule has 0 spiro atoms. The van der Waals surface area contributed by atoms with E-state index in [0.717, 1.165) is 73.3 Å². The molecule has 0 amide bonds. The number of benzene rings is 1. The maximum atomic E-state index is 12.6. The molecule has 2 fully saturated rings. The highest BCUT2D eigenvalue weighted by atomic mass is 16.1. The summed E-state index contributed by atoms with van der Waals surface area (Å²) in [5.41, 5.74) is 4.63. The quantitative estimate of drug-likeness (QED) is 0.681. The summed E-state index contributed by atoms with van der Waals surface area (Å²) in [6, 6.07) is 8.70. The van der Waals surface area contributed by atoms with Gasteiger partial charge in [-0.05, 0) is 43.7 Å². The number of piperazine rings is 1.